The number of aromatic hydroxyl groups is 1. The van der Waals surface area contributed by atoms with Crippen LogP contribution in [0.4, 0.5) is 22.7 Å². The van der Waals surface area contributed by atoms with E-state index in [2.05, 4.69) is 42.0 Å². The van der Waals surface area contributed by atoms with Gasteiger partial charge in [0.05, 0.1) is 34.0 Å². The Kier molecular flexibility index (Phi) is 7.33. The lowest BCUT2D eigenvalue weighted by molar-refractivity contribution is -0.432. The van der Waals surface area contributed by atoms with Crippen LogP contribution in [0.1, 0.15) is 29.5 Å². The van der Waals surface area contributed by atoms with Gasteiger partial charge in [0.15, 0.2) is 5.75 Å². The van der Waals surface area contributed by atoms with Gasteiger partial charge in [0.25, 0.3) is 0 Å². The fraction of sp³-hybridized carbons (Fsp3) is 0.185. The van der Waals surface area contributed by atoms with E-state index in [9.17, 15) is 5.11 Å². The number of benzene rings is 4. The molecule has 1 aliphatic rings. The Balaban J connectivity index is 1.58. The summed E-state index contributed by atoms with van der Waals surface area (Å²) in [6.07, 6.45) is 4.59. The molecule has 0 fully saturated rings. The summed E-state index contributed by atoms with van der Waals surface area (Å²) < 4.78 is 4.67. The van der Waals surface area contributed by atoms with E-state index in [4.69, 9.17) is 5.26 Å². The van der Waals surface area contributed by atoms with Crippen molar-refractivity contribution in [3.05, 3.63) is 83.4 Å². The van der Waals surface area contributed by atoms with Crippen LogP contribution in [-0.2, 0) is 22.2 Å². The Morgan fingerprint density at radius 3 is 2.31 bits per heavy atom. The van der Waals surface area contributed by atoms with E-state index >= 15 is 0 Å². The highest BCUT2D eigenvalue weighted by molar-refractivity contribution is 7.94. The van der Waals surface area contributed by atoms with E-state index in [0.29, 0.717) is 39.1 Å². The van der Waals surface area contributed by atoms with Crippen molar-refractivity contribution in [1.29, 1.82) is 0 Å². The van der Waals surface area contributed by atoms with Gasteiger partial charge in [-0.05, 0) is 79.6 Å². The average molecular weight is 501 g/mol. The number of phenols is 1. The van der Waals surface area contributed by atoms with Gasteiger partial charge in [-0.15, -0.1) is 14.6 Å². The fourth-order valence-electron chi connectivity index (χ4n) is 4.35. The van der Waals surface area contributed by atoms with E-state index in [0.717, 1.165) is 24.1 Å². The highest BCUT2D eigenvalue weighted by Crippen LogP contribution is 2.47. The summed E-state index contributed by atoms with van der Waals surface area (Å²) in [5, 5.41) is 42.4. The molecule has 4 aromatic carbocycles. The molecule has 0 bridgehead atoms. The van der Waals surface area contributed by atoms with Crippen molar-refractivity contribution < 1.29 is 19.7 Å². The fourth-order valence-corrected chi connectivity index (χ4v) is 4.84. The molecule has 5 rings (SSSR count). The molecule has 0 amide bonds. The summed E-state index contributed by atoms with van der Waals surface area (Å²) in [5.74, 6) is -0.0959. The molecule has 2 N–H and O–H groups in total. The molecule has 0 radical (unpaired) electrons. The highest BCUT2D eigenvalue weighted by atomic mass is 32.2. The summed E-state index contributed by atoms with van der Waals surface area (Å²) in [5.41, 5.74) is 5.80. The van der Waals surface area contributed by atoms with Crippen molar-refractivity contribution in [1.82, 2.24) is 0 Å². The number of fused-ring (bicyclic) bond motifs is 2. The Labute approximate surface area is 212 Å². The van der Waals surface area contributed by atoms with E-state index in [1.165, 1.54) is 24.0 Å². The molecule has 0 saturated heterocycles. The summed E-state index contributed by atoms with van der Waals surface area (Å²) in [6.45, 7) is 1.93. The SMILES string of the molecule is Cc1ccc2c(O)c(N=Nc3ccccc3)c(SOOO)cc2c1N=Nc1ccc2c(c1)CCCC2. The van der Waals surface area contributed by atoms with Crippen molar-refractivity contribution in [2.24, 2.45) is 20.5 Å². The second-order valence-corrected chi connectivity index (χ2v) is 9.26. The maximum atomic E-state index is 11.1. The molecule has 1 aliphatic carbocycles. The predicted molar refractivity (Wildman–Crippen MR) is 139 cm³/mol. The van der Waals surface area contributed by atoms with Gasteiger partial charge in [-0.2, -0.15) is 10.2 Å². The number of hydrogen-bond acceptors (Lipinski definition) is 9. The number of rotatable bonds is 7. The number of nitrogens with zero attached hydrogens (tertiary/aromatic N) is 4. The average Bonchev–Trinajstić information content (AvgIpc) is 2.91. The van der Waals surface area contributed by atoms with Gasteiger partial charge in [0.2, 0.25) is 0 Å². The maximum absolute atomic E-state index is 11.1. The van der Waals surface area contributed by atoms with Gasteiger partial charge in [0.1, 0.15) is 5.69 Å². The van der Waals surface area contributed by atoms with Crippen molar-refractivity contribution >= 4 is 45.6 Å². The minimum absolute atomic E-state index is 0.0959. The van der Waals surface area contributed by atoms with Crippen LogP contribution >= 0.6 is 12.0 Å². The lowest BCUT2D eigenvalue weighted by Gasteiger charge is -2.15. The third kappa shape index (κ3) is 5.14. The minimum atomic E-state index is -0.0959. The molecule has 182 valence electrons. The third-order valence-corrected chi connectivity index (χ3v) is 6.80. The van der Waals surface area contributed by atoms with Crippen molar-refractivity contribution in [2.75, 3.05) is 0 Å². The van der Waals surface area contributed by atoms with Crippen LogP contribution < -0.4 is 0 Å². The van der Waals surface area contributed by atoms with Gasteiger partial charge in [-0.25, -0.2) is 5.26 Å². The quantitative estimate of drug-likeness (QED) is 0.114. The molecule has 0 heterocycles. The smallest absolute Gasteiger partial charge is 0.152 e. The molecular weight excluding hydrogens is 476 g/mol. The van der Waals surface area contributed by atoms with Crippen LogP contribution in [-0.4, -0.2) is 10.4 Å². The van der Waals surface area contributed by atoms with Gasteiger partial charge in [-0.1, -0.05) is 41.4 Å². The first-order valence-corrected chi connectivity index (χ1v) is 12.3. The van der Waals surface area contributed by atoms with Crippen LogP contribution in [0.3, 0.4) is 0 Å². The van der Waals surface area contributed by atoms with Crippen LogP contribution in [0.15, 0.2) is 92.1 Å². The third-order valence-electron chi connectivity index (χ3n) is 6.18. The van der Waals surface area contributed by atoms with Crippen LogP contribution in [0.25, 0.3) is 10.8 Å². The van der Waals surface area contributed by atoms with Crippen molar-refractivity contribution in [3.63, 3.8) is 0 Å². The summed E-state index contributed by atoms with van der Waals surface area (Å²) in [6, 6.07) is 20.8. The molecule has 0 spiro atoms. The van der Waals surface area contributed by atoms with Crippen LogP contribution in [0, 0.1) is 6.92 Å². The molecular formula is C27H24N4O4S. The van der Waals surface area contributed by atoms with Gasteiger partial charge >= 0.3 is 0 Å². The lowest BCUT2D eigenvalue weighted by atomic mass is 9.91. The van der Waals surface area contributed by atoms with E-state index < -0.39 is 0 Å². The van der Waals surface area contributed by atoms with E-state index in [1.807, 2.05) is 37.3 Å². The summed E-state index contributed by atoms with van der Waals surface area (Å²) in [7, 11) is 0. The van der Waals surface area contributed by atoms with Crippen LogP contribution in [0.2, 0.25) is 0 Å². The molecule has 0 saturated carbocycles. The molecule has 0 aliphatic heterocycles. The van der Waals surface area contributed by atoms with Crippen molar-refractivity contribution in [2.45, 2.75) is 37.5 Å². The minimum Gasteiger partial charge on any atom is -0.505 e. The molecule has 0 unspecified atom stereocenters. The second-order valence-electron chi connectivity index (χ2n) is 8.52. The Hall–Kier alpha value is -3.63. The second kappa shape index (κ2) is 11.0. The first kappa shape index (κ1) is 24.1. The van der Waals surface area contributed by atoms with Crippen LogP contribution in [0.5, 0.6) is 5.75 Å². The predicted octanol–water partition coefficient (Wildman–Crippen LogP) is 8.99. The monoisotopic (exact) mass is 500 g/mol. The zero-order chi connectivity index (χ0) is 24.9. The lowest BCUT2D eigenvalue weighted by Crippen LogP contribution is -2.01. The Bertz CT molecular complexity index is 1460. The Morgan fingerprint density at radius 1 is 0.750 bits per heavy atom. The topological polar surface area (TPSA) is 108 Å². The molecule has 0 atom stereocenters. The van der Waals surface area contributed by atoms with E-state index in [-0.39, 0.29) is 11.4 Å². The van der Waals surface area contributed by atoms with Gasteiger partial charge in [0, 0.05) is 10.8 Å². The van der Waals surface area contributed by atoms with Crippen molar-refractivity contribution in [3.8, 4) is 5.75 Å². The highest BCUT2D eigenvalue weighted by Gasteiger charge is 2.18. The summed E-state index contributed by atoms with van der Waals surface area (Å²) in [4.78, 5) is 0.379. The number of azo groups is 2. The largest absolute Gasteiger partial charge is 0.505 e. The maximum Gasteiger partial charge on any atom is 0.152 e. The molecule has 4 aromatic rings. The first-order chi connectivity index (χ1) is 17.6. The normalized spacial score (nSPS) is 13.6. The molecule has 36 heavy (non-hydrogen) atoms. The van der Waals surface area contributed by atoms with Gasteiger partial charge in [-0.3, -0.25) is 0 Å². The number of hydrogen-bond donors (Lipinski definition) is 2. The van der Waals surface area contributed by atoms with Gasteiger partial charge < -0.3 is 5.11 Å². The molecule has 8 nitrogen and oxygen atoms in total. The molecule has 0 aromatic heterocycles. The zero-order valence-corrected chi connectivity index (χ0v) is 20.4. The molecule has 9 heteroatoms. The first-order valence-electron chi connectivity index (χ1n) is 11.6. The Morgan fingerprint density at radius 2 is 1.50 bits per heavy atom. The zero-order valence-electron chi connectivity index (χ0n) is 19.6. The van der Waals surface area contributed by atoms with E-state index in [1.54, 1.807) is 24.3 Å². The standard InChI is InChI=1S/C27H24N4O4S/c1-17-11-14-22-23(25(17)30-29-21-13-12-18-7-5-6-8-19(18)15-21)16-24(36-35-34-33)26(27(22)32)31-28-20-9-3-2-4-10-20/h2-4,9-16,32-33H,5-8H2,1H3. The number of aryl methyl sites for hydroxylation is 3. The number of phenolic OH excluding ortho intramolecular Hbond substituents is 1. The summed E-state index contributed by atoms with van der Waals surface area (Å²) >= 11 is 0.697.